The Morgan fingerprint density at radius 2 is 1.68 bits per heavy atom. The minimum atomic E-state index is 0.221. The fourth-order valence-corrected chi connectivity index (χ4v) is 3.94. The summed E-state index contributed by atoms with van der Waals surface area (Å²) < 4.78 is 0.968. The van der Waals surface area contributed by atoms with Gasteiger partial charge in [-0.25, -0.2) is 15.4 Å². The molecule has 4 aromatic carbocycles. The maximum Gasteiger partial charge on any atom is 0.244 e. The van der Waals surface area contributed by atoms with Crippen LogP contribution in [0, 0.1) is 0 Å². The summed E-state index contributed by atoms with van der Waals surface area (Å²) in [5.74, 6) is 0.618. The van der Waals surface area contributed by atoms with Crippen LogP contribution in [0.3, 0.4) is 0 Å². The molecule has 0 saturated carbocycles. The lowest BCUT2D eigenvalue weighted by Crippen LogP contribution is -2.00. The highest BCUT2D eigenvalue weighted by molar-refractivity contribution is 9.10. The van der Waals surface area contributed by atoms with Crippen molar-refractivity contribution in [3.05, 3.63) is 95.0 Å². The molecule has 5 aromatic rings. The first-order chi connectivity index (χ1) is 15.2. The second-order valence-corrected chi connectivity index (χ2v) is 7.93. The number of aromatic nitrogens is 2. The molecule has 5 rings (SSSR count). The van der Waals surface area contributed by atoms with Gasteiger partial charge in [-0.3, -0.25) is 0 Å². The van der Waals surface area contributed by atoms with Gasteiger partial charge in [0.25, 0.3) is 0 Å². The molecule has 0 amide bonds. The van der Waals surface area contributed by atoms with Crippen LogP contribution in [0.4, 0.5) is 5.95 Å². The molecule has 150 valence electrons. The summed E-state index contributed by atoms with van der Waals surface area (Å²) in [6, 6.07) is 27.2. The van der Waals surface area contributed by atoms with Crippen LogP contribution in [0.1, 0.15) is 5.56 Å². The zero-order valence-electron chi connectivity index (χ0n) is 16.3. The van der Waals surface area contributed by atoms with Crippen molar-refractivity contribution in [2.24, 2.45) is 5.10 Å². The lowest BCUT2D eigenvalue weighted by molar-refractivity contribution is 0.481. The standard InChI is InChI=1S/C25H17BrN4O/c26-19-12-13-21-20(14-19)24(17-6-2-1-3-7-17)29-25(28-21)30-27-15-18-10-4-8-16-9-5-11-22(31)23(16)18/h1-15,31H,(H,28,29,30). The van der Waals surface area contributed by atoms with Crippen LogP contribution >= 0.6 is 15.9 Å². The molecule has 0 radical (unpaired) electrons. The number of anilines is 1. The number of hydrogen-bond acceptors (Lipinski definition) is 5. The molecular formula is C25H17BrN4O. The van der Waals surface area contributed by atoms with Crippen molar-refractivity contribution in [1.29, 1.82) is 0 Å². The van der Waals surface area contributed by atoms with E-state index in [1.54, 1.807) is 12.3 Å². The van der Waals surface area contributed by atoms with Gasteiger partial charge in [0.2, 0.25) is 5.95 Å². The van der Waals surface area contributed by atoms with E-state index in [4.69, 9.17) is 4.98 Å². The van der Waals surface area contributed by atoms with Gasteiger partial charge in [0.05, 0.1) is 17.4 Å². The maximum atomic E-state index is 10.3. The molecule has 0 spiro atoms. The molecule has 0 aliphatic heterocycles. The minimum absolute atomic E-state index is 0.221. The second kappa shape index (κ2) is 8.16. The number of benzene rings is 4. The number of rotatable bonds is 4. The van der Waals surface area contributed by atoms with Gasteiger partial charge in [-0.2, -0.15) is 5.10 Å². The number of hydrazone groups is 1. The van der Waals surface area contributed by atoms with Gasteiger partial charge in [-0.1, -0.05) is 76.6 Å². The SMILES string of the molecule is Oc1cccc2cccc(C=NNc3nc(-c4ccccc4)c4cc(Br)ccc4n3)c12. The van der Waals surface area contributed by atoms with Gasteiger partial charge in [0, 0.05) is 26.4 Å². The van der Waals surface area contributed by atoms with E-state index >= 15 is 0 Å². The second-order valence-electron chi connectivity index (χ2n) is 7.02. The molecule has 1 heterocycles. The van der Waals surface area contributed by atoms with Crippen LogP contribution in [0.15, 0.2) is 94.5 Å². The van der Waals surface area contributed by atoms with E-state index in [2.05, 4.69) is 31.4 Å². The van der Waals surface area contributed by atoms with Crippen LogP contribution in [-0.4, -0.2) is 21.3 Å². The minimum Gasteiger partial charge on any atom is -0.507 e. The topological polar surface area (TPSA) is 70.4 Å². The van der Waals surface area contributed by atoms with Crippen LogP contribution in [0.25, 0.3) is 32.9 Å². The summed E-state index contributed by atoms with van der Waals surface area (Å²) in [7, 11) is 0. The lowest BCUT2D eigenvalue weighted by atomic mass is 10.0. The van der Waals surface area contributed by atoms with E-state index in [1.165, 1.54) is 0 Å². The number of phenolic OH excluding ortho intramolecular Hbond substituents is 1. The van der Waals surface area contributed by atoms with Crippen molar-refractivity contribution in [2.45, 2.75) is 0 Å². The molecule has 5 nitrogen and oxygen atoms in total. The van der Waals surface area contributed by atoms with E-state index in [0.29, 0.717) is 5.95 Å². The Labute approximate surface area is 187 Å². The van der Waals surface area contributed by atoms with Crippen molar-refractivity contribution in [3.63, 3.8) is 0 Å². The van der Waals surface area contributed by atoms with Gasteiger partial charge >= 0.3 is 0 Å². The normalized spacial score (nSPS) is 11.4. The number of aromatic hydroxyl groups is 1. The summed E-state index contributed by atoms with van der Waals surface area (Å²) in [6.45, 7) is 0. The number of halogens is 1. The van der Waals surface area contributed by atoms with Crippen LogP contribution in [-0.2, 0) is 0 Å². The molecule has 0 bridgehead atoms. The van der Waals surface area contributed by atoms with Gasteiger partial charge in [-0.15, -0.1) is 0 Å². The smallest absolute Gasteiger partial charge is 0.244 e. The summed E-state index contributed by atoms with van der Waals surface area (Å²) in [5, 5.41) is 17.3. The Balaban J connectivity index is 1.54. The zero-order chi connectivity index (χ0) is 21.2. The van der Waals surface area contributed by atoms with Gasteiger partial charge in [0.1, 0.15) is 5.75 Å². The highest BCUT2D eigenvalue weighted by Gasteiger charge is 2.10. The third-order valence-electron chi connectivity index (χ3n) is 4.99. The van der Waals surface area contributed by atoms with E-state index in [-0.39, 0.29) is 5.75 Å². The maximum absolute atomic E-state index is 10.3. The van der Waals surface area contributed by atoms with Crippen molar-refractivity contribution in [1.82, 2.24) is 9.97 Å². The molecule has 6 heteroatoms. The Kier molecular flexibility index (Phi) is 5.06. The Morgan fingerprint density at radius 3 is 2.52 bits per heavy atom. The first-order valence-corrected chi connectivity index (χ1v) is 10.5. The molecule has 0 unspecified atom stereocenters. The average Bonchev–Trinajstić information content (AvgIpc) is 2.79. The van der Waals surface area contributed by atoms with Gasteiger partial charge < -0.3 is 5.11 Å². The Morgan fingerprint density at radius 1 is 0.871 bits per heavy atom. The molecule has 2 N–H and O–H groups in total. The summed E-state index contributed by atoms with van der Waals surface area (Å²) in [4.78, 5) is 9.32. The highest BCUT2D eigenvalue weighted by atomic mass is 79.9. The molecule has 0 saturated heterocycles. The van der Waals surface area contributed by atoms with Gasteiger partial charge in [0.15, 0.2) is 0 Å². The Bertz CT molecular complexity index is 1430. The number of nitrogens with one attached hydrogen (secondary N) is 1. The number of fused-ring (bicyclic) bond motifs is 2. The number of nitrogens with zero attached hydrogens (tertiary/aromatic N) is 3. The molecule has 1 aromatic heterocycles. The molecule has 0 fully saturated rings. The monoisotopic (exact) mass is 468 g/mol. The first kappa shape index (κ1) is 19.2. The predicted octanol–water partition coefficient (Wildman–Crippen LogP) is 6.36. The fourth-order valence-electron chi connectivity index (χ4n) is 3.58. The van der Waals surface area contributed by atoms with Crippen molar-refractivity contribution >= 4 is 49.8 Å². The molecule has 0 aliphatic carbocycles. The summed E-state index contributed by atoms with van der Waals surface area (Å²) in [5.41, 5.74) is 6.39. The Hall–Kier alpha value is -3.77. The van der Waals surface area contributed by atoms with Crippen LogP contribution < -0.4 is 5.43 Å². The number of phenols is 1. The largest absolute Gasteiger partial charge is 0.507 e. The zero-order valence-corrected chi connectivity index (χ0v) is 17.9. The summed E-state index contributed by atoms with van der Waals surface area (Å²) in [6.07, 6.45) is 1.67. The van der Waals surface area contributed by atoms with Crippen LogP contribution in [0.2, 0.25) is 0 Å². The summed E-state index contributed by atoms with van der Waals surface area (Å²) >= 11 is 3.54. The molecule has 0 atom stereocenters. The van der Waals surface area contributed by atoms with Crippen molar-refractivity contribution in [3.8, 4) is 17.0 Å². The predicted molar refractivity (Wildman–Crippen MR) is 130 cm³/mol. The van der Waals surface area contributed by atoms with Gasteiger partial charge in [-0.05, 0) is 29.7 Å². The average molecular weight is 469 g/mol. The van der Waals surface area contributed by atoms with E-state index < -0.39 is 0 Å². The molecule has 0 aliphatic rings. The van der Waals surface area contributed by atoms with Crippen molar-refractivity contribution in [2.75, 3.05) is 5.43 Å². The van der Waals surface area contributed by atoms with E-state index in [0.717, 1.165) is 43.0 Å². The lowest BCUT2D eigenvalue weighted by Gasteiger charge is -2.09. The van der Waals surface area contributed by atoms with E-state index in [1.807, 2.05) is 78.9 Å². The quantitative estimate of drug-likeness (QED) is 0.237. The fraction of sp³-hybridized carbons (Fsp3) is 0. The van der Waals surface area contributed by atoms with Crippen molar-refractivity contribution < 1.29 is 5.11 Å². The van der Waals surface area contributed by atoms with E-state index in [9.17, 15) is 5.11 Å². The highest BCUT2D eigenvalue weighted by Crippen LogP contribution is 2.30. The third kappa shape index (κ3) is 3.85. The first-order valence-electron chi connectivity index (χ1n) is 9.71. The molecular weight excluding hydrogens is 452 g/mol. The molecule has 31 heavy (non-hydrogen) atoms. The third-order valence-corrected chi connectivity index (χ3v) is 5.48. The van der Waals surface area contributed by atoms with Crippen LogP contribution in [0.5, 0.6) is 5.75 Å². The number of hydrogen-bond donors (Lipinski definition) is 2.